The van der Waals surface area contributed by atoms with Crippen LogP contribution < -0.4 is 5.32 Å². The van der Waals surface area contributed by atoms with Crippen LogP contribution in [0.3, 0.4) is 0 Å². The summed E-state index contributed by atoms with van der Waals surface area (Å²) < 4.78 is 0. The maximum absolute atomic E-state index is 9.63. The van der Waals surface area contributed by atoms with Crippen molar-refractivity contribution in [3.63, 3.8) is 0 Å². The molecule has 108 valence electrons. The number of rotatable bonds is 8. The molecular formula is C15H32N2O. The highest BCUT2D eigenvalue weighted by atomic mass is 16.3. The Kier molecular flexibility index (Phi) is 6.61. The molecule has 1 unspecified atom stereocenters. The second-order valence-electron chi connectivity index (χ2n) is 6.41. The maximum atomic E-state index is 9.63. The van der Waals surface area contributed by atoms with Crippen molar-refractivity contribution in [2.24, 2.45) is 11.3 Å². The number of nitrogens with one attached hydrogen (secondary N) is 1. The average molecular weight is 256 g/mol. The topological polar surface area (TPSA) is 35.5 Å². The number of nitrogens with zero attached hydrogens (tertiary/aromatic N) is 1. The van der Waals surface area contributed by atoms with Crippen LogP contribution in [0, 0.1) is 11.3 Å². The second kappa shape index (κ2) is 7.46. The monoisotopic (exact) mass is 256 g/mol. The van der Waals surface area contributed by atoms with Gasteiger partial charge in [-0.05, 0) is 37.1 Å². The lowest BCUT2D eigenvalue weighted by atomic mass is 9.81. The van der Waals surface area contributed by atoms with Crippen LogP contribution in [-0.4, -0.2) is 48.8 Å². The van der Waals surface area contributed by atoms with E-state index in [1.54, 1.807) is 0 Å². The van der Waals surface area contributed by atoms with Crippen LogP contribution in [0.25, 0.3) is 0 Å². The lowest BCUT2D eigenvalue weighted by molar-refractivity contribution is 0.129. The largest absolute Gasteiger partial charge is 0.392 e. The highest BCUT2D eigenvalue weighted by Crippen LogP contribution is 2.28. The van der Waals surface area contributed by atoms with Crippen LogP contribution in [0.1, 0.15) is 47.0 Å². The van der Waals surface area contributed by atoms with Gasteiger partial charge in [-0.2, -0.15) is 0 Å². The van der Waals surface area contributed by atoms with Gasteiger partial charge in [0.1, 0.15) is 0 Å². The molecule has 0 bridgehead atoms. The number of β-amino-alcohol motifs (C(OH)–C–C–N with tert-alkyl or cyclic N) is 1. The predicted octanol–water partition coefficient (Wildman–Crippen LogP) is 2.11. The van der Waals surface area contributed by atoms with Gasteiger partial charge in [-0.3, -0.25) is 0 Å². The molecule has 18 heavy (non-hydrogen) atoms. The Bertz CT molecular complexity index is 227. The van der Waals surface area contributed by atoms with Crippen molar-refractivity contribution in [3.8, 4) is 0 Å². The summed E-state index contributed by atoms with van der Waals surface area (Å²) >= 11 is 0. The summed E-state index contributed by atoms with van der Waals surface area (Å²) in [6.45, 7) is 14.4. The molecule has 1 rings (SSSR count). The Balaban J connectivity index is 2.45. The van der Waals surface area contributed by atoms with E-state index in [0.717, 1.165) is 39.1 Å². The first-order valence-electron chi connectivity index (χ1n) is 7.62. The van der Waals surface area contributed by atoms with Gasteiger partial charge in [-0.1, -0.05) is 27.7 Å². The summed E-state index contributed by atoms with van der Waals surface area (Å²) in [4.78, 5) is 2.44. The lowest BCUT2D eigenvalue weighted by Crippen LogP contribution is -2.43. The number of likely N-dealkylation sites (tertiary alicyclic amines) is 1. The van der Waals surface area contributed by atoms with Gasteiger partial charge in [0.25, 0.3) is 0 Å². The Morgan fingerprint density at radius 1 is 1.33 bits per heavy atom. The minimum absolute atomic E-state index is 0.0972. The van der Waals surface area contributed by atoms with Gasteiger partial charge in [0.15, 0.2) is 0 Å². The van der Waals surface area contributed by atoms with Crippen molar-refractivity contribution in [2.45, 2.75) is 53.1 Å². The summed E-state index contributed by atoms with van der Waals surface area (Å²) in [6.07, 6.45) is 3.27. The third-order valence-corrected chi connectivity index (χ3v) is 4.36. The third-order valence-electron chi connectivity index (χ3n) is 4.36. The van der Waals surface area contributed by atoms with E-state index < -0.39 is 0 Å². The smallest absolute Gasteiger partial charge is 0.0679 e. The van der Waals surface area contributed by atoms with Gasteiger partial charge in [0.05, 0.1) is 6.10 Å². The minimum Gasteiger partial charge on any atom is -0.392 e. The SMILES string of the molecule is CCC(CC)(CNCC(C)C)CN1CCC(O)C1. The van der Waals surface area contributed by atoms with E-state index in [-0.39, 0.29) is 6.10 Å². The molecule has 2 N–H and O–H groups in total. The van der Waals surface area contributed by atoms with Gasteiger partial charge >= 0.3 is 0 Å². The molecule has 1 fully saturated rings. The first kappa shape index (κ1) is 15.9. The van der Waals surface area contributed by atoms with E-state index in [0.29, 0.717) is 11.3 Å². The fourth-order valence-electron chi connectivity index (χ4n) is 2.84. The van der Waals surface area contributed by atoms with Crippen molar-refractivity contribution >= 4 is 0 Å². The van der Waals surface area contributed by atoms with Gasteiger partial charge in [0.2, 0.25) is 0 Å². The van der Waals surface area contributed by atoms with Crippen LogP contribution in [0.5, 0.6) is 0 Å². The molecule has 1 aliphatic heterocycles. The quantitative estimate of drug-likeness (QED) is 0.698. The maximum Gasteiger partial charge on any atom is 0.0679 e. The highest BCUT2D eigenvalue weighted by Gasteiger charge is 2.31. The highest BCUT2D eigenvalue weighted by molar-refractivity contribution is 4.86. The normalized spacial score (nSPS) is 22.0. The lowest BCUT2D eigenvalue weighted by Gasteiger charge is -2.36. The Morgan fingerprint density at radius 3 is 2.44 bits per heavy atom. The second-order valence-corrected chi connectivity index (χ2v) is 6.41. The number of aliphatic hydroxyl groups is 1. The van der Waals surface area contributed by atoms with Gasteiger partial charge in [0, 0.05) is 26.2 Å². The molecule has 0 aromatic rings. The molecule has 0 aliphatic carbocycles. The molecule has 0 radical (unpaired) electrons. The fourth-order valence-corrected chi connectivity index (χ4v) is 2.84. The Labute approximate surface area is 113 Å². The van der Waals surface area contributed by atoms with Crippen molar-refractivity contribution in [2.75, 3.05) is 32.7 Å². The molecule has 1 saturated heterocycles. The molecule has 3 heteroatoms. The Hall–Kier alpha value is -0.120. The predicted molar refractivity (Wildman–Crippen MR) is 77.8 cm³/mol. The Morgan fingerprint density at radius 2 is 2.00 bits per heavy atom. The van der Waals surface area contributed by atoms with E-state index >= 15 is 0 Å². The molecule has 0 spiro atoms. The summed E-state index contributed by atoms with van der Waals surface area (Å²) in [5.74, 6) is 0.713. The zero-order chi connectivity index (χ0) is 13.6. The van der Waals surface area contributed by atoms with E-state index in [1.807, 2.05) is 0 Å². The molecule has 3 nitrogen and oxygen atoms in total. The van der Waals surface area contributed by atoms with Crippen molar-refractivity contribution in [1.29, 1.82) is 0 Å². The molecule has 0 aromatic carbocycles. The standard InChI is InChI=1S/C15H32N2O/c1-5-15(6-2,11-16-9-13(3)4)12-17-8-7-14(18)10-17/h13-14,16,18H,5-12H2,1-4H3. The van der Waals surface area contributed by atoms with Crippen molar-refractivity contribution in [1.82, 2.24) is 10.2 Å². The molecular weight excluding hydrogens is 224 g/mol. The number of hydrogen-bond donors (Lipinski definition) is 2. The number of aliphatic hydroxyl groups excluding tert-OH is 1. The first-order valence-corrected chi connectivity index (χ1v) is 7.62. The molecule has 0 amide bonds. The fraction of sp³-hybridized carbons (Fsp3) is 1.00. The van der Waals surface area contributed by atoms with Crippen LogP contribution in [-0.2, 0) is 0 Å². The van der Waals surface area contributed by atoms with Gasteiger partial charge in [-0.15, -0.1) is 0 Å². The third kappa shape index (κ3) is 4.87. The summed E-state index contributed by atoms with van der Waals surface area (Å²) in [5, 5.41) is 13.3. The molecule has 0 saturated carbocycles. The van der Waals surface area contributed by atoms with Crippen molar-refractivity contribution in [3.05, 3.63) is 0 Å². The summed E-state index contributed by atoms with van der Waals surface area (Å²) in [5.41, 5.74) is 0.374. The zero-order valence-electron chi connectivity index (χ0n) is 12.7. The van der Waals surface area contributed by atoms with Crippen LogP contribution in [0.2, 0.25) is 0 Å². The van der Waals surface area contributed by atoms with E-state index in [1.165, 1.54) is 12.8 Å². The first-order chi connectivity index (χ1) is 8.51. The van der Waals surface area contributed by atoms with Crippen LogP contribution >= 0.6 is 0 Å². The molecule has 1 heterocycles. The zero-order valence-corrected chi connectivity index (χ0v) is 12.7. The van der Waals surface area contributed by atoms with Gasteiger partial charge < -0.3 is 15.3 Å². The van der Waals surface area contributed by atoms with E-state index in [4.69, 9.17) is 0 Å². The van der Waals surface area contributed by atoms with E-state index in [2.05, 4.69) is 37.9 Å². The van der Waals surface area contributed by atoms with Crippen molar-refractivity contribution < 1.29 is 5.11 Å². The van der Waals surface area contributed by atoms with Gasteiger partial charge in [-0.25, -0.2) is 0 Å². The van der Waals surface area contributed by atoms with Crippen LogP contribution in [0.15, 0.2) is 0 Å². The van der Waals surface area contributed by atoms with E-state index in [9.17, 15) is 5.11 Å². The molecule has 0 aromatic heterocycles. The minimum atomic E-state index is -0.0972. The summed E-state index contributed by atoms with van der Waals surface area (Å²) in [6, 6.07) is 0. The van der Waals surface area contributed by atoms with Crippen LogP contribution in [0.4, 0.5) is 0 Å². The average Bonchev–Trinajstić information content (AvgIpc) is 2.73. The number of hydrogen-bond acceptors (Lipinski definition) is 3. The molecule has 1 aliphatic rings. The summed E-state index contributed by atoms with van der Waals surface area (Å²) in [7, 11) is 0. The molecule has 1 atom stereocenters.